The van der Waals surface area contributed by atoms with E-state index < -0.39 is 66.2 Å². The molecule has 2 atom stereocenters. The Morgan fingerprint density at radius 2 is 2.00 bits per heavy atom. The zero-order chi connectivity index (χ0) is 31.5. The summed E-state index contributed by atoms with van der Waals surface area (Å²) in [7, 11) is 0. The maximum Gasteiger partial charge on any atom is 0.252 e. The fraction of sp³-hybridized carbons (Fsp3) is 0.323. The second kappa shape index (κ2) is 12.8. The molecule has 1 saturated carbocycles. The van der Waals surface area contributed by atoms with E-state index in [1.54, 1.807) is 44.2 Å². The van der Waals surface area contributed by atoms with Crippen LogP contribution in [0, 0.1) is 17.1 Å². The van der Waals surface area contributed by atoms with Gasteiger partial charge in [-0.15, -0.1) is 0 Å². The number of benzene rings is 1. The fourth-order valence-corrected chi connectivity index (χ4v) is 5.40. The Labute approximate surface area is 252 Å². The quantitative estimate of drug-likeness (QED) is 0.363. The molecule has 1 aliphatic carbocycles. The van der Waals surface area contributed by atoms with Crippen LogP contribution in [0.2, 0.25) is 5.02 Å². The molecule has 4 rings (SSSR count). The maximum atomic E-state index is 15.3. The number of aromatic nitrogens is 1. The van der Waals surface area contributed by atoms with Crippen LogP contribution < -0.4 is 10.2 Å². The Bertz CT molecular complexity index is 1560. The number of anilines is 1. The number of hydrogen-bond acceptors (Lipinski definition) is 5. The average molecular weight is 612 g/mol. The molecule has 2 aliphatic rings. The van der Waals surface area contributed by atoms with Gasteiger partial charge in [0.15, 0.2) is 11.6 Å². The van der Waals surface area contributed by atoms with E-state index in [0.717, 1.165) is 22.1 Å². The first-order chi connectivity index (χ1) is 20.4. The van der Waals surface area contributed by atoms with Crippen molar-refractivity contribution in [1.82, 2.24) is 15.2 Å². The summed E-state index contributed by atoms with van der Waals surface area (Å²) >= 11 is 6.54. The number of alkyl halides is 2. The molecule has 1 saturated heterocycles. The molecule has 43 heavy (non-hydrogen) atoms. The first kappa shape index (κ1) is 31.5. The van der Waals surface area contributed by atoms with Gasteiger partial charge in [-0.05, 0) is 44.1 Å². The van der Waals surface area contributed by atoms with Gasteiger partial charge in [-0.3, -0.25) is 24.2 Å². The van der Waals surface area contributed by atoms with Gasteiger partial charge in [0.2, 0.25) is 11.8 Å². The molecule has 1 aromatic carbocycles. The first-order valence-electron chi connectivity index (χ1n) is 13.5. The third-order valence-electron chi connectivity index (χ3n) is 7.37. The maximum absolute atomic E-state index is 15.3. The van der Waals surface area contributed by atoms with Gasteiger partial charge in [0, 0.05) is 47.8 Å². The number of nitrogens with zero attached hydrogens (tertiary/aromatic N) is 4. The van der Waals surface area contributed by atoms with Crippen molar-refractivity contribution < 1.29 is 27.6 Å². The van der Waals surface area contributed by atoms with Gasteiger partial charge in [0.05, 0.1) is 5.56 Å². The summed E-state index contributed by atoms with van der Waals surface area (Å²) in [5.74, 6) is -6.60. The van der Waals surface area contributed by atoms with E-state index in [2.05, 4.69) is 16.9 Å². The summed E-state index contributed by atoms with van der Waals surface area (Å²) in [5, 5.41) is 12.1. The molecule has 224 valence electrons. The largest absolute Gasteiger partial charge is 0.351 e. The number of amides is 3. The molecule has 2 fully saturated rings. The standard InChI is InChI=1S/C31H29ClF3N5O3/c1-4-18(3)14-21(5-2)39(27(22-8-6-7-9-23(22)32)29(42)38-20-15-31(34,35)16-20)30(43)24-10-11-25(41)40(24)28-26(33)19(17-36)12-13-37-28/h4-9,12-14,20,24,27H,1,10-11,15-16H2,2-3H3,(H,38,42). The molecular formula is C31H29ClF3N5O3. The lowest BCUT2D eigenvalue weighted by molar-refractivity contribution is -0.142. The normalized spacial score (nSPS) is 19.3. The second-order valence-electron chi connectivity index (χ2n) is 10.3. The zero-order valence-electron chi connectivity index (χ0n) is 23.5. The number of pyridine rings is 1. The minimum Gasteiger partial charge on any atom is -0.351 e. The van der Waals surface area contributed by atoms with Crippen molar-refractivity contribution in [3.05, 3.63) is 94.6 Å². The number of allylic oxidation sites excluding steroid dienone is 4. The highest BCUT2D eigenvalue weighted by molar-refractivity contribution is 6.31. The molecule has 0 spiro atoms. The molecule has 1 aromatic heterocycles. The van der Waals surface area contributed by atoms with Crippen LogP contribution in [-0.2, 0) is 14.4 Å². The van der Waals surface area contributed by atoms with Crippen LogP contribution in [0.4, 0.5) is 19.0 Å². The van der Waals surface area contributed by atoms with E-state index in [9.17, 15) is 28.4 Å². The van der Waals surface area contributed by atoms with E-state index >= 15 is 4.39 Å². The summed E-state index contributed by atoms with van der Waals surface area (Å²) in [6, 6.07) is 5.53. The highest BCUT2D eigenvalue weighted by Gasteiger charge is 2.49. The minimum absolute atomic E-state index is 0.0427. The smallest absolute Gasteiger partial charge is 0.252 e. The summed E-state index contributed by atoms with van der Waals surface area (Å²) in [4.78, 5) is 47.6. The van der Waals surface area contributed by atoms with Crippen molar-refractivity contribution in [2.45, 2.75) is 63.6 Å². The number of rotatable bonds is 9. The third-order valence-corrected chi connectivity index (χ3v) is 7.71. The van der Waals surface area contributed by atoms with Crippen molar-refractivity contribution in [2.75, 3.05) is 4.90 Å². The predicted molar refractivity (Wildman–Crippen MR) is 154 cm³/mol. The topological polar surface area (TPSA) is 106 Å². The van der Waals surface area contributed by atoms with Gasteiger partial charge >= 0.3 is 0 Å². The molecule has 0 bridgehead atoms. The Kier molecular flexibility index (Phi) is 9.40. The van der Waals surface area contributed by atoms with Crippen molar-refractivity contribution in [3.63, 3.8) is 0 Å². The minimum atomic E-state index is -2.91. The van der Waals surface area contributed by atoms with Crippen LogP contribution >= 0.6 is 11.6 Å². The highest BCUT2D eigenvalue weighted by Crippen LogP contribution is 2.40. The monoisotopic (exact) mass is 611 g/mol. The molecule has 2 heterocycles. The number of nitrogens with one attached hydrogen (secondary N) is 1. The number of hydrogen-bond donors (Lipinski definition) is 1. The van der Waals surface area contributed by atoms with E-state index in [-0.39, 0.29) is 34.7 Å². The lowest BCUT2D eigenvalue weighted by Crippen LogP contribution is -2.55. The van der Waals surface area contributed by atoms with Crippen molar-refractivity contribution in [2.24, 2.45) is 0 Å². The summed E-state index contributed by atoms with van der Waals surface area (Å²) in [6.45, 7) is 7.09. The number of nitriles is 1. The lowest BCUT2D eigenvalue weighted by atomic mass is 9.87. The van der Waals surface area contributed by atoms with Gasteiger partial charge in [0.1, 0.15) is 18.2 Å². The zero-order valence-corrected chi connectivity index (χ0v) is 24.2. The van der Waals surface area contributed by atoms with Gasteiger partial charge in [-0.1, -0.05) is 48.5 Å². The van der Waals surface area contributed by atoms with E-state index in [0.29, 0.717) is 5.57 Å². The Balaban J connectivity index is 1.87. The lowest BCUT2D eigenvalue weighted by Gasteiger charge is -2.39. The average Bonchev–Trinajstić information content (AvgIpc) is 3.34. The molecule has 1 aliphatic heterocycles. The molecule has 0 radical (unpaired) electrons. The fourth-order valence-electron chi connectivity index (χ4n) is 5.16. The van der Waals surface area contributed by atoms with Crippen LogP contribution in [0.3, 0.4) is 0 Å². The van der Waals surface area contributed by atoms with Crippen LogP contribution in [0.5, 0.6) is 0 Å². The van der Waals surface area contributed by atoms with Gasteiger partial charge in [-0.25, -0.2) is 18.2 Å². The molecule has 1 N–H and O–H groups in total. The van der Waals surface area contributed by atoms with E-state index in [1.807, 2.05) is 0 Å². The van der Waals surface area contributed by atoms with E-state index in [4.69, 9.17) is 11.6 Å². The third kappa shape index (κ3) is 6.49. The van der Waals surface area contributed by atoms with Crippen molar-refractivity contribution >= 4 is 35.1 Å². The van der Waals surface area contributed by atoms with Crippen LogP contribution in [-0.4, -0.2) is 45.6 Å². The van der Waals surface area contributed by atoms with Gasteiger partial charge < -0.3 is 5.32 Å². The van der Waals surface area contributed by atoms with Gasteiger partial charge in [-0.2, -0.15) is 5.26 Å². The number of halogens is 4. The first-order valence-corrected chi connectivity index (χ1v) is 13.9. The molecule has 12 heteroatoms. The summed E-state index contributed by atoms with van der Waals surface area (Å²) < 4.78 is 42.6. The Hall–Kier alpha value is -4.43. The van der Waals surface area contributed by atoms with Crippen LogP contribution in [0.25, 0.3) is 0 Å². The highest BCUT2D eigenvalue weighted by atomic mass is 35.5. The molecule has 3 amide bonds. The molecule has 8 nitrogen and oxygen atoms in total. The van der Waals surface area contributed by atoms with E-state index in [1.165, 1.54) is 18.2 Å². The van der Waals surface area contributed by atoms with Crippen LogP contribution in [0.1, 0.15) is 56.7 Å². The predicted octanol–water partition coefficient (Wildman–Crippen LogP) is 5.76. The number of carbonyl (C=O) groups is 3. The second-order valence-corrected chi connectivity index (χ2v) is 10.7. The van der Waals surface area contributed by atoms with Crippen molar-refractivity contribution in [1.29, 1.82) is 5.26 Å². The van der Waals surface area contributed by atoms with Crippen molar-refractivity contribution in [3.8, 4) is 6.07 Å². The van der Waals surface area contributed by atoms with Gasteiger partial charge in [0.25, 0.3) is 11.8 Å². The number of carbonyl (C=O) groups excluding carboxylic acids is 3. The SMILES string of the molecule is C=CC(C)=CC(=CC)N(C(=O)C1CCC(=O)N1c1nccc(C#N)c1F)C(C(=O)NC1CC(F)(F)C1)c1ccccc1Cl. The Morgan fingerprint density at radius 3 is 2.60 bits per heavy atom. The molecule has 2 unspecified atom stereocenters. The molecular weight excluding hydrogens is 583 g/mol. The summed E-state index contributed by atoms with van der Waals surface area (Å²) in [5.41, 5.74) is 0.686. The summed E-state index contributed by atoms with van der Waals surface area (Å²) in [6.07, 6.45) is 4.56. The molecule has 2 aromatic rings. The van der Waals surface area contributed by atoms with Crippen LogP contribution in [0.15, 0.2) is 72.6 Å². The Morgan fingerprint density at radius 1 is 1.30 bits per heavy atom.